The van der Waals surface area contributed by atoms with E-state index in [9.17, 15) is 4.79 Å². The Morgan fingerprint density at radius 2 is 1.69 bits per heavy atom. The third-order valence-corrected chi connectivity index (χ3v) is 6.07. The molecule has 0 saturated carbocycles. The Bertz CT molecular complexity index is 1390. The summed E-state index contributed by atoms with van der Waals surface area (Å²) in [5, 5.41) is 0. The maximum absolute atomic E-state index is 12.9. The first-order valence-electron chi connectivity index (χ1n) is 9.41. The summed E-state index contributed by atoms with van der Waals surface area (Å²) >= 11 is 1.62. The fourth-order valence-corrected chi connectivity index (χ4v) is 4.56. The summed E-state index contributed by atoms with van der Waals surface area (Å²) in [5.74, 6) is 0. The van der Waals surface area contributed by atoms with Crippen molar-refractivity contribution in [3.8, 4) is 27.4 Å². The zero-order chi connectivity index (χ0) is 20.0. The van der Waals surface area contributed by atoms with Crippen molar-refractivity contribution in [1.29, 1.82) is 0 Å². The Morgan fingerprint density at radius 1 is 0.862 bits per heavy atom. The van der Waals surface area contributed by atoms with E-state index < -0.39 is 0 Å². The van der Waals surface area contributed by atoms with Gasteiger partial charge >= 0.3 is 5.69 Å². The van der Waals surface area contributed by atoms with Crippen LogP contribution in [0.25, 0.3) is 38.4 Å². The van der Waals surface area contributed by atoms with Crippen LogP contribution in [0, 0.1) is 6.92 Å². The molecule has 0 bridgehead atoms. The summed E-state index contributed by atoms with van der Waals surface area (Å²) in [6.45, 7) is 2.09. The molecule has 0 amide bonds. The van der Waals surface area contributed by atoms with Crippen LogP contribution in [0.3, 0.4) is 0 Å². The number of fused-ring (bicyclic) bond motifs is 1. The van der Waals surface area contributed by atoms with Gasteiger partial charge in [0.15, 0.2) is 0 Å². The van der Waals surface area contributed by atoms with Gasteiger partial charge in [0, 0.05) is 12.6 Å². The van der Waals surface area contributed by atoms with Crippen LogP contribution >= 0.6 is 11.3 Å². The number of rotatable bonds is 3. The Kier molecular flexibility index (Phi) is 4.18. The first kappa shape index (κ1) is 17.6. The van der Waals surface area contributed by atoms with Gasteiger partial charge in [0.05, 0.1) is 32.8 Å². The quantitative estimate of drug-likeness (QED) is 0.407. The maximum Gasteiger partial charge on any atom is 0.333 e. The van der Waals surface area contributed by atoms with E-state index in [-0.39, 0.29) is 5.69 Å². The number of para-hydroxylation sites is 1. The van der Waals surface area contributed by atoms with Crippen LogP contribution in [0.1, 0.15) is 5.56 Å². The molecular formula is C24H19N3OS. The highest BCUT2D eigenvalue weighted by Gasteiger charge is 2.16. The standard InChI is InChI=1S/C24H19N3OS/c1-16-7-6-8-17(13-16)22-23(29-15-25-22)18-11-12-20-21(14-18)26(2)24(28)27(20)19-9-4-3-5-10-19/h3-15H,1-2H3. The zero-order valence-corrected chi connectivity index (χ0v) is 17.0. The normalized spacial score (nSPS) is 11.2. The molecule has 0 N–H and O–H groups in total. The highest BCUT2D eigenvalue weighted by molar-refractivity contribution is 7.13. The van der Waals surface area contributed by atoms with Crippen molar-refractivity contribution in [2.45, 2.75) is 6.92 Å². The lowest BCUT2D eigenvalue weighted by Gasteiger charge is -2.06. The first-order valence-corrected chi connectivity index (χ1v) is 10.3. The molecule has 2 heterocycles. The fraction of sp³-hybridized carbons (Fsp3) is 0.0833. The van der Waals surface area contributed by atoms with E-state index in [0.717, 1.165) is 38.4 Å². The molecule has 2 aromatic heterocycles. The van der Waals surface area contributed by atoms with Crippen molar-refractivity contribution < 1.29 is 0 Å². The van der Waals surface area contributed by atoms with E-state index in [4.69, 9.17) is 0 Å². The molecule has 4 nitrogen and oxygen atoms in total. The van der Waals surface area contributed by atoms with Gasteiger partial charge in [0.1, 0.15) is 0 Å². The lowest BCUT2D eigenvalue weighted by Crippen LogP contribution is -2.20. The zero-order valence-electron chi connectivity index (χ0n) is 16.2. The number of hydrogen-bond acceptors (Lipinski definition) is 3. The van der Waals surface area contributed by atoms with E-state index in [0.29, 0.717) is 0 Å². The molecule has 0 unspecified atom stereocenters. The first-order chi connectivity index (χ1) is 14.1. The number of benzene rings is 3. The van der Waals surface area contributed by atoms with Crippen LogP contribution < -0.4 is 5.69 Å². The summed E-state index contributed by atoms with van der Waals surface area (Å²) in [5.41, 5.74) is 8.86. The van der Waals surface area contributed by atoms with Crippen LogP contribution in [0.2, 0.25) is 0 Å². The van der Waals surface area contributed by atoms with Gasteiger partial charge in [0.2, 0.25) is 0 Å². The van der Waals surface area contributed by atoms with Gasteiger partial charge in [0.25, 0.3) is 0 Å². The second kappa shape index (κ2) is 6.87. The van der Waals surface area contributed by atoms with Gasteiger partial charge in [-0.3, -0.25) is 9.13 Å². The third-order valence-electron chi connectivity index (χ3n) is 5.19. The van der Waals surface area contributed by atoms with Crippen molar-refractivity contribution in [2.75, 3.05) is 0 Å². The molecule has 0 aliphatic heterocycles. The predicted molar refractivity (Wildman–Crippen MR) is 120 cm³/mol. The fourth-order valence-electron chi connectivity index (χ4n) is 3.75. The third kappa shape index (κ3) is 2.91. The van der Waals surface area contributed by atoms with Gasteiger partial charge in [-0.1, -0.05) is 48.0 Å². The second-order valence-electron chi connectivity index (χ2n) is 7.12. The van der Waals surface area contributed by atoms with Crippen LogP contribution in [-0.4, -0.2) is 14.1 Å². The monoisotopic (exact) mass is 397 g/mol. The van der Waals surface area contributed by atoms with Gasteiger partial charge < -0.3 is 0 Å². The van der Waals surface area contributed by atoms with Gasteiger partial charge in [-0.2, -0.15) is 0 Å². The molecule has 0 saturated heterocycles. The van der Waals surface area contributed by atoms with E-state index in [1.807, 2.05) is 49.0 Å². The smallest absolute Gasteiger partial charge is 0.295 e. The maximum atomic E-state index is 12.9. The second-order valence-corrected chi connectivity index (χ2v) is 7.97. The largest absolute Gasteiger partial charge is 0.333 e. The minimum absolute atomic E-state index is 0.0495. The number of nitrogens with zero attached hydrogens (tertiary/aromatic N) is 3. The van der Waals surface area contributed by atoms with Crippen LogP contribution in [-0.2, 0) is 7.05 Å². The van der Waals surface area contributed by atoms with Crippen LogP contribution in [0.15, 0.2) is 83.1 Å². The molecule has 0 atom stereocenters. The molecule has 0 radical (unpaired) electrons. The Balaban J connectivity index is 1.69. The summed E-state index contributed by atoms with van der Waals surface area (Å²) in [7, 11) is 1.82. The molecule has 142 valence electrons. The lowest BCUT2D eigenvalue weighted by molar-refractivity contribution is 0.846. The van der Waals surface area contributed by atoms with Gasteiger partial charge in [-0.25, -0.2) is 9.78 Å². The molecule has 5 heteroatoms. The van der Waals surface area contributed by atoms with Crippen LogP contribution in [0.5, 0.6) is 0 Å². The molecule has 3 aromatic carbocycles. The molecular weight excluding hydrogens is 378 g/mol. The van der Waals surface area contributed by atoms with Crippen molar-refractivity contribution in [1.82, 2.24) is 14.1 Å². The number of imidazole rings is 1. The van der Waals surface area contributed by atoms with E-state index >= 15 is 0 Å². The van der Waals surface area contributed by atoms with E-state index in [2.05, 4.69) is 48.3 Å². The Labute approximate surface area is 172 Å². The summed E-state index contributed by atoms with van der Waals surface area (Å²) < 4.78 is 3.46. The van der Waals surface area contributed by atoms with Crippen LogP contribution in [0.4, 0.5) is 0 Å². The lowest BCUT2D eigenvalue weighted by atomic mass is 10.0. The molecule has 5 rings (SSSR count). The summed E-state index contributed by atoms with van der Waals surface area (Å²) in [4.78, 5) is 18.7. The average Bonchev–Trinajstić information content (AvgIpc) is 3.32. The molecule has 0 spiro atoms. The molecule has 0 aliphatic carbocycles. The molecule has 5 aromatic rings. The Hall–Kier alpha value is -3.44. The topological polar surface area (TPSA) is 39.8 Å². The van der Waals surface area contributed by atoms with Gasteiger partial charge in [-0.05, 0) is 42.8 Å². The SMILES string of the molecule is Cc1cccc(-c2ncsc2-c2ccc3c(c2)n(C)c(=O)n3-c2ccccc2)c1. The highest BCUT2D eigenvalue weighted by atomic mass is 32.1. The molecule has 0 aliphatic rings. The van der Waals surface area contributed by atoms with Crippen molar-refractivity contribution in [2.24, 2.45) is 7.05 Å². The number of aromatic nitrogens is 3. The number of thiazole rings is 1. The molecule has 0 fully saturated rings. The summed E-state index contributed by atoms with van der Waals surface area (Å²) in [6, 6.07) is 24.3. The van der Waals surface area contributed by atoms with Crippen molar-refractivity contribution in [3.63, 3.8) is 0 Å². The van der Waals surface area contributed by atoms with E-state index in [1.165, 1.54) is 5.56 Å². The predicted octanol–water partition coefficient (Wildman–Crippen LogP) is 5.43. The Morgan fingerprint density at radius 3 is 2.48 bits per heavy atom. The highest BCUT2D eigenvalue weighted by Crippen LogP contribution is 2.36. The van der Waals surface area contributed by atoms with Crippen molar-refractivity contribution >= 4 is 22.4 Å². The molecule has 29 heavy (non-hydrogen) atoms. The number of aryl methyl sites for hydroxylation is 2. The number of hydrogen-bond donors (Lipinski definition) is 0. The van der Waals surface area contributed by atoms with Gasteiger partial charge in [-0.15, -0.1) is 11.3 Å². The average molecular weight is 398 g/mol. The minimum Gasteiger partial charge on any atom is -0.295 e. The minimum atomic E-state index is -0.0495. The van der Waals surface area contributed by atoms with E-state index in [1.54, 1.807) is 20.5 Å². The summed E-state index contributed by atoms with van der Waals surface area (Å²) in [6.07, 6.45) is 0. The van der Waals surface area contributed by atoms with Crippen molar-refractivity contribution in [3.05, 3.63) is 94.4 Å².